The van der Waals surface area contributed by atoms with Crippen molar-refractivity contribution < 1.29 is 17.9 Å². The minimum absolute atomic E-state index is 0.384. The van der Waals surface area contributed by atoms with Crippen LogP contribution < -0.4 is 5.32 Å². The summed E-state index contributed by atoms with van der Waals surface area (Å²) in [6.45, 7) is 2.85. The molecule has 5 heteroatoms. The fraction of sp³-hybridized carbons (Fsp3) is 0.778. The van der Waals surface area contributed by atoms with Crippen molar-refractivity contribution in [2.24, 2.45) is 0 Å². The van der Waals surface area contributed by atoms with Crippen LogP contribution in [-0.2, 0) is 4.74 Å². The maximum atomic E-state index is 12.0. The second kappa shape index (κ2) is 6.84. The molecule has 0 fully saturated rings. The molecule has 0 amide bonds. The number of rotatable bonds is 6. The van der Waals surface area contributed by atoms with Crippen LogP contribution in [0.15, 0.2) is 11.6 Å². The molecule has 84 valence electrons. The van der Waals surface area contributed by atoms with Gasteiger partial charge in [0.1, 0.15) is 0 Å². The van der Waals surface area contributed by atoms with E-state index in [1.165, 1.54) is 6.08 Å². The minimum atomic E-state index is -4.19. The molecule has 0 aliphatic heterocycles. The Morgan fingerprint density at radius 3 is 2.50 bits per heavy atom. The molecule has 0 unspecified atom stereocenters. The van der Waals surface area contributed by atoms with Crippen molar-refractivity contribution in [3.63, 3.8) is 0 Å². The summed E-state index contributed by atoms with van der Waals surface area (Å²) in [7, 11) is 1.58. The van der Waals surface area contributed by atoms with Gasteiger partial charge in [-0.25, -0.2) is 0 Å². The lowest BCUT2D eigenvalue weighted by molar-refractivity contribution is -0.0915. The highest BCUT2D eigenvalue weighted by molar-refractivity contribution is 5.04. The van der Waals surface area contributed by atoms with Gasteiger partial charge in [0.25, 0.3) is 0 Å². The second-order valence-electron chi connectivity index (χ2n) is 2.92. The van der Waals surface area contributed by atoms with E-state index >= 15 is 0 Å². The van der Waals surface area contributed by atoms with Gasteiger partial charge in [0, 0.05) is 19.2 Å². The van der Waals surface area contributed by atoms with E-state index in [0.29, 0.717) is 26.1 Å². The first-order valence-electron chi connectivity index (χ1n) is 4.42. The molecule has 0 atom stereocenters. The molecular formula is C9H16F3NO. The summed E-state index contributed by atoms with van der Waals surface area (Å²) >= 11 is 0. The zero-order valence-corrected chi connectivity index (χ0v) is 8.45. The number of halogens is 3. The molecule has 0 aliphatic carbocycles. The van der Waals surface area contributed by atoms with Gasteiger partial charge in [-0.1, -0.05) is 6.08 Å². The second-order valence-corrected chi connectivity index (χ2v) is 2.92. The molecule has 0 aromatic rings. The number of alkyl halides is 3. The Bertz CT molecular complexity index is 177. The first kappa shape index (κ1) is 13.4. The zero-order chi connectivity index (χ0) is 11.0. The van der Waals surface area contributed by atoms with Gasteiger partial charge in [0.05, 0.1) is 6.61 Å². The van der Waals surface area contributed by atoms with Crippen molar-refractivity contribution in [3.8, 4) is 0 Å². The number of ether oxygens (including phenoxy) is 1. The molecule has 0 saturated heterocycles. The molecule has 14 heavy (non-hydrogen) atoms. The van der Waals surface area contributed by atoms with Crippen LogP contribution in [0.25, 0.3) is 0 Å². The van der Waals surface area contributed by atoms with Crippen molar-refractivity contribution in [1.82, 2.24) is 5.32 Å². The fourth-order valence-electron chi connectivity index (χ4n) is 0.806. The summed E-state index contributed by atoms with van der Waals surface area (Å²) in [5, 5.41) is 2.96. The predicted octanol–water partition coefficient (Wildman–Crippen LogP) is 2.12. The molecule has 0 aliphatic rings. The predicted molar refractivity (Wildman–Crippen MR) is 49.2 cm³/mol. The molecular weight excluding hydrogens is 195 g/mol. The number of nitrogens with one attached hydrogen (secondary N) is 1. The van der Waals surface area contributed by atoms with Gasteiger partial charge in [0.2, 0.25) is 0 Å². The highest BCUT2D eigenvalue weighted by atomic mass is 19.4. The van der Waals surface area contributed by atoms with Crippen LogP contribution in [0.1, 0.15) is 13.3 Å². The van der Waals surface area contributed by atoms with E-state index in [9.17, 15) is 13.2 Å². The Hall–Kier alpha value is -0.550. The number of hydrogen-bond donors (Lipinski definition) is 1. The first-order chi connectivity index (χ1) is 6.48. The maximum Gasteiger partial charge on any atom is 0.412 e. The van der Waals surface area contributed by atoms with Crippen LogP contribution in [-0.4, -0.2) is 33.0 Å². The van der Waals surface area contributed by atoms with Gasteiger partial charge in [-0.15, -0.1) is 0 Å². The minimum Gasteiger partial charge on any atom is -0.383 e. The van der Waals surface area contributed by atoms with Crippen molar-refractivity contribution in [3.05, 3.63) is 11.6 Å². The first-order valence-corrected chi connectivity index (χ1v) is 4.42. The highest BCUT2D eigenvalue weighted by Crippen LogP contribution is 2.24. The monoisotopic (exact) mass is 211 g/mol. The molecule has 0 saturated carbocycles. The van der Waals surface area contributed by atoms with Crippen LogP contribution in [0.5, 0.6) is 0 Å². The van der Waals surface area contributed by atoms with E-state index in [1.54, 1.807) is 7.11 Å². The van der Waals surface area contributed by atoms with Crippen LogP contribution in [0, 0.1) is 0 Å². The molecule has 0 heterocycles. The Labute approximate surface area is 82.1 Å². The van der Waals surface area contributed by atoms with Crippen molar-refractivity contribution in [2.75, 3.05) is 26.8 Å². The third kappa shape index (κ3) is 6.91. The van der Waals surface area contributed by atoms with Crippen LogP contribution in [0.2, 0.25) is 0 Å². The van der Waals surface area contributed by atoms with E-state index in [2.05, 4.69) is 5.32 Å². The largest absolute Gasteiger partial charge is 0.412 e. The molecule has 0 aromatic carbocycles. The van der Waals surface area contributed by atoms with Crippen molar-refractivity contribution >= 4 is 0 Å². The van der Waals surface area contributed by atoms with Gasteiger partial charge in [-0.2, -0.15) is 13.2 Å². The quantitative estimate of drug-likeness (QED) is 0.536. The molecule has 0 radical (unpaired) electrons. The van der Waals surface area contributed by atoms with Gasteiger partial charge in [-0.3, -0.25) is 0 Å². The Morgan fingerprint density at radius 1 is 1.36 bits per heavy atom. The van der Waals surface area contributed by atoms with Gasteiger partial charge in [0.15, 0.2) is 0 Å². The van der Waals surface area contributed by atoms with Gasteiger partial charge in [-0.05, 0) is 19.9 Å². The molecule has 1 N–H and O–H groups in total. The van der Waals surface area contributed by atoms with Gasteiger partial charge >= 0.3 is 6.18 Å². The van der Waals surface area contributed by atoms with Gasteiger partial charge < -0.3 is 10.1 Å². The Morgan fingerprint density at radius 2 is 2.00 bits per heavy atom. The zero-order valence-electron chi connectivity index (χ0n) is 8.45. The average Bonchev–Trinajstić information content (AvgIpc) is 2.09. The molecule has 2 nitrogen and oxygen atoms in total. The summed E-state index contributed by atoms with van der Waals surface area (Å²) in [6, 6.07) is 0. The van der Waals surface area contributed by atoms with E-state index < -0.39 is 11.7 Å². The highest BCUT2D eigenvalue weighted by Gasteiger charge is 2.29. The summed E-state index contributed by atoms with van der Waals surface area (Å²) < 4.78 is 40.7. The topological polar surface area (TPSA) is 21.3 Å². The normalized spacial score (nSPS) is 13.4. The number of hydrogen-bond acceptors (Lipinski definition) is 2. The lowest BCUT2D eigenvalue weighted by Crippen LogP contribution is -2.20. The van der Waals surface area contributed by atoms with Crippen molar-refractivity contribution in [1.29, 1.82) is 0 Å². The van der Waals surface area contributed by atoms with Crippen LogP contribution in [0.4, 0.5) is 13.2 Å². The van der Waals surface area contributed by atoms with Crippen molar-refractivity contribution in [2.45, 2.75) is 19.5 Å². The van der Waals surface area contributed by atoms with E-state index in [0.717, 1.165) is 6.92 Å². The van der Waals surface area contributed by atoms with E-state index in [-0.39, 0.29) is 0 Å². The molecule has 0 aromatic heterocycles. The Kier molecular flexibility index (Phi) is 6.57. The van der Waals surface area contributed by atoms with Crippen LogP contribution in [0.3, 0.4) is 0 Å². The summed E-state index contributed by atoms with van der Waals surface area (Å²) in [5.74, 6) is 0. The summed E-state index contributed by atoms with van der Waals surface area (Å²) in [4.78, 5) is 0. The molecule has 0 rings (SSSR count). The fourth-order valence-corrected chi connectivity index (χ4v) is 0.806. The number of allylic oxidation sites excluding steroid dienone is 1. The SMILES string of the molecule is COCCNCCC=C(C)C(F)(F)F. The summed E-state index contributed by atoms with van der Waals surface area (Å²) in [6.07, 6.45) is -2.61. The third-order valence-corrected chi connectivity index (χ3v) is 1.70. The standard InChI is InChI=1S/C9H16F3NO/c1-8(9(10,11)12)4-3-5-13-6-7-14-2/h4,13H,3,5-7H2,1-2H3. The molecule has 0 spiro atoms. The smallest absolute Gasteiger partial charge is 0.383 e. The maximum absolute atomic E-state index is 12.0. The Balaban J connectivity index is 3.52. The molecule has 0 bridgehead atoms. The summed E-state index contributed by atoms with van der Waals surface area (Å²) in [5.41, 5.74) is -0.536. The van der Waals surface area contributed by atoms with E-state index in [4.69, 9.17) is 4.74 Å². The third-order valence-electron chi connectivity index (χ3n) is 1.70. The number of methoxy groups -OCH3 is 1. The lowest BCUT2D eigenvalue weighted by Gasteiger charge is -2.06. The van der Waals surface area contributed by atoms with Crippen LogP contribution >= 0.6 is 0 Å². The average molecular weight is 211 g/mol. The van der Waals surface area contributed by atoms with E-state index in [1.807, 2.05) is 0 Å². The lowest BCUT2D eigenvalue weighted by atomic mass is 10.2.